The summed E-state index contributed by atoms with van der Waals surface area (Å²) in [5.41, 5.74) is 0. The Bertz CT molecular complexity index is 393. The van der Waals surface area contributed by atoms with Crippen molar-refractivity contribution < 1.29 is 12.3 Å². The highest BCUT2D eigenvalue weighted by Gasteiger charge is 2.42. The first-order valence-corrected chi connectivity index (χ1v) is 23.4. The van der Waals surface area contributed by atoms with Crippen LogP contribution in [-0.2, 0) is 12.3 Å². The molecule has 0 aliphatic carbocycles. The van der Waals surface area contributed by atoms with Crippen LogP contribution in [0.25, 0.3) is 0 Å². The summed E-state index contributed by atoms with van der Waals surface area (Å²) in [5, 5.41) is 0. The molecule has 0 amide bonds. The van der Waals surface area contributed by atoms with Crippen molar-refractivity contribution >= 4 is 33.8 Å². The first kappa shape index (κ1) is 27.7. The standard InChI is InChI=1S/C20H50O3Si4/c1-11-12-13-14-15-16-17-18-19-20-25(5,6)22-27(9,10)23-26(7,8)21-24(2,3)4/h11-20H2,1-10H3. The second-order valence-electron chi connectivity index (χ2n) is 10.6. The van der Waals surface area contributed by atoms with E-state index in [0.29, 0.717) is 0 Å². The largest absolute Gasteiger partial charge is 0.437 e. The van der Waals surface area contributed by atoms with E-state index in [0.717, 1.165) is 0 Å². The molecule has 0 bridgehead atoms. The van der Waals surface area contributed by atoms with E-state index in [9.17, 15) is 0 Å². The molecule has 0 aliphatic heterocycles. The van der Waals surface area contributed by atoms with Gasteiger partial charge in [0, 0.05) is 0 Å². The fraction of sp³-hybridized carbons (Fsp3) is 1.00. The SMILES string of the molecule is CCCCCCCCCCC[Si](C)(C)O[Si](C)(C)O[Si](C)(C)O[Si](C)(C)C. The summed E-state index contributed by atoms with van der Waals surface area (Å²) in [4.78, 5) is 0. The van der Waals surface area contributed by atoms with Crippen LogP contribution in [0.5, 0.6) is 0 Å². The van der Waals surface area contributed by atoms with Crippen LogP contribution in [0, 0.1) is 0 Å². The van der Waals surface area contributed by atoms with E-state index in [1.807, 2.05) is 0 Å². The minimum absolute atomic E-state index is 1.25. The van der Waals surface area contributed by atoms with Gasteiger partial charge in [0.1, 0.15) is 0 Å². The van der Waals surface area contributed by atoms with Crippen LogP contribution in [0.3, 0.4) is 0 Å². The molecule has 164 valence electrons. The molecule has 0 aromatic rings. The van der Waals surface area contributed by atoms with Crippen LogP contribution in [0.4, 0.5) is 0 Å². The molecule has 0 radical (unpaired) electrons. The smallest absolute Gasteiger partial charge is 0.312 e. The zero-order valence-electron chi connectivity index (χ0n) is 20.3. The molecule has 7 heteroatoms. The van der Waals surface area contributed by atoms with E-state index in [1.165, 1.54) is 63.8 Å². The van der Waals surface area contributed by atoms with Crippen LogP contribution >= 0.6 is 0 Å². The lowest BCUT2D eigenvalue weighted by Crippen LogP contribution is -2.55. The first-order valence-electron chi connectivity index (χ1n) is 11.3. The molecule has 27 heavy (non-hydrogen) atoms. The summed E-state index contributed by atoms with van der Waals surface area (Å²) in [7, 11) is -7.51. The highest BCUT2D eigenvalue weighted by atomic mass is 28.5. The van der Waals surface area contributed by atoms with Crippen LogP contribution in [-0.4, -0.2) is 33.8 Å². The van der Waals surface area contributed by atoms with Crippen LogP contribution in [0.1, 0.15) is 64.7 Å². The lowest BCUT2D eigenvalue weighted by Gasteiger charge is -2.40. The van der Waals surface area contributed by atoms with Crippen molar-refractivity contribution in [1.29, 1.82) is 0 Å². The maximum atomic E-state index is 6.67. The lowest BCUT2D eigenvalue weighted by molar-refractivity contribution is 0.329. The Hall–Kier alpha value is 0.748. The molecule has 0 saturated carbocycles. The highest BCUT2D eigenvalue weighted by Crippen LogP contribution is 2.26. The number of hydrogen-bond donors (Lipinski definition) is 0. The second kappa shape index (κ2) is 12.4. The van der Waals surface area contributed by atoms with Gasteiger partial charge < -0.3 is 12.3 Å². The van der Waals surface area contributed by atoms with Crippen molar-refractivity contribution in [3.8, 4) is 0 Å². The van der Waals surface area contributed by atoms with E-state index >= 15 is 0 Å². The Kier molecular flexibility index (Phi) is 12.8. The van der Waals surface area contributed by atoms with Gasteiger partial charge in [-0.1, -0.05) is 64.7 Å². The summed E-state index contributed by atoms with van der Waals surface area (Å²) in [5.74, 6) is 0. The predicted molar refractivity (Wildman–Crippen MR) is 131 cm³/mol. The topological polar surface area (TPSA) is 27.7 Å². The summed E-state index contributed by atoms with van der Waals surface area (Å²) < 4.78 is 19.6. The Morgan fingerprint density at radius 3 is 1.33 bits per heavy atom. The van der Waals surface area contributed by atoms with E-state index in [4.69, 9.17) is 12.3 Å². The van der Waals surface area contributed by atoms with Crippen molar-refractivity contribution in [3.63, 3.8) is 0 Å². The van der Waals surface area contributed by atoms with Gasteiger partial charge in [0.25, 0.3) is 0 Å². The molecule has 0 fully saturated rings. The number of unbranched alkanes of at least 4 members (excludes halogenated alkanes) is 8. The zero-order valence-corrected chi connectivity index (χ0v) is 24.3. The Morgan fingerprint density at radius 1 is 0.481 bits per heavy atom. The Morgan fingerprint density at radius 2 is 0.889 bits per heavy atom. The molecule has 0 spiro atoms. The van der Waals surface area contributed by atoms with Crippen LogP contribution in [0.2, 0.25) is 65.0 Å². The minimum Gasteiger partial charge on any atom is -0.437 e. The average Bonchev–Trinajstić information content (AvgIpc) is 2.39. The van der Waals surface area contributed by atoms with Crippen molar-refractivity contribution in [1.82, 2.24) is 0 Å². The van der Waals surface area contributed by atoms with Gasteiger partial charge >= 0.3 is 17.1 Å². The van der Waals surface area contributed by atoms with Crippen molar-refractivity contribution in [2.75, 3.05) is 0 Å². The maximum Gasteiger partial charge on any atom is 0.312 e. The molecule has 0 atom stereocenters. The summed E-state index contributed by atoms with van der Waals surface area (Å²) in [6, 6.07) is 1.25. The molecule has 0 aromatic heterocycles. The van der Waals surface area contributed by atoms with Crippen molar-refractivity contribution in [2.45, 2.75) is 130 Å². The van der Waals surface area contributed by atoms with Crippen LogP contribution in [0.15, 0.2) is 0 Å². The van der Waals surface area contributed by atoms with Gasteiger partial charge in [-0.2, -0.15) is 0 Å². The predicted octanol–water partition coefficient (Wildman–Crippen LogP) is 8.01. The van der Waals surface area contributed by atoms with Gasteiger partial charge in [0.05, 0.1) is 0 Å². The molecule has 3 nitrogen and oxygen atoms in total. The molecule has 0 aromatic carbocycles. The van der Waals surface area contributed by atoms with Gasteiger partial charge in [0.15, 0.2) is 16.6 Å². The second-order valence-corrected chi connectivity index (χ2v) is 26.8. The maximum absolute atomic E-state index is 6.67. The van der Waals surface area contributed by atoms with E-state index in [1.54, 1.807) is 0 Å². The average molecular weight is 451 g/mol. The monoisotopic (exact) mass is 450 g/mol. The van der Waals surface area contributed by atoms with Crippen LogP contribution < -0.4 is 0 Å². The van der Waals surface area contributed by atoms with Crippen molar-refractivity contribution in [2.24, 2.45) is 0 Å². The summed E-state index contributed by atoms with van der Waals surface area (Å²) in [6.45, 7) is 22.5. The van der Waals surface area contributed by atoms with E-state index in [-0.39, 0.29) is 0 Å². The lowest BCUT2D eigenvalue weighted by atomic mass is 10.1. The number of rotatable bonds is 16. The first-order chi connectivity index (χ1) is 12.2. The van der Waals surface area contributed by atoms with Gasteiger partial charge in [-0.05, 0) is 65.0 Å². The quantitative estimate of drug-likeness (QED) is 0.176. The third-order valence-electron chi connectivity index (χ3n) is 4.45. The molecule has 0 N–H and O–H groups in total. The van der Waals surface area contributed by atoms with Crippen molar-refractivity contribution in [3.05, 3.63) is 0 Å². The highest BCUT2D eigenvalue weighted by molar-refractivity contribution is 6.89. The summed E-state index contributed by atoms with van der Waals surface area (Å²) >= 11 is 0. The molecule has 0 unspecified atom stereocenters. The molecule has 0 saturated heterocycles. The fourth-order valence-electron chi connectivity index (χ4n) is 3.95. The Balaban J connectivity index is 4.17. The number of hydrogen-bond acceptors (Lipinski definition) is 3. The van der Waals surface area contributed by atoms with Gasteiger partial charge in [-0.25, -0.2) is 0 Å². The third kappa shape index (κ3) is 17.3. The van der Waals surface area contributed by atoms with E-state index in [2.05, 4.69) is 65.8 Å². The molecule has 0 heterocycles. The molecule has 0 aliphatic rings. The van der Waals surface area contributed by atoms with Gasteiger partial charge in [-0.15, -0.1) is 0 Å². The third-order valence-corrected chi connectivity index (χ3v) is 18.5. The molecular weight excluding hydrogens is 401 g/mol. The van der Waals surface area contributed by atoms with Gasteiger partial charge in [-0.3, -0.25) is 0 Å². The normalized spacial score (nSPS) is 14.0. The van der Waals surface area contributed by atoms with E-state index < -0.39 is 33.8 Å². The molecule has 0 rings (SSSR count). The fourth-order valence-corrected chi connectivity index (χ4v) is 22.5. The zero-order chi connectivity index (χ0) is 21.2. The summed E-state index contributed by atoms with van der Waals surface area (Å²) in [6.07, 6.45) is 12.5. The minimum atomic E-state index is -2.15. The molecular formula is C20H50O3Si4. The Labute approximate surface area is 175 Å². The van der Waals surface area contributed by atoms with Gasteiger partial charge in [0.2, 0.25) is 0 Å².